The predicted octanol–water partition coefficient (Wildman–Crippen LogP) is -0.567. The van der Waals surface area contributed by atoms with Crippen LogP contribution in [0.15, 0.2) is 0 Å². The smallest absolute Gasteiger partial charge is 0.336 e. The number of nitrogens with one attached hydrogen (secondary N) is 1. The van der Waals surface area contributed by atoms with Gasteiger partial charge in [-0.2, -0.15) is 0 Å². The van der Waals surface area contributed by atoms with Crippen LogP contribution < -0.4 is 5.32 Å². The molecule has 0 aromatic rings. The van der Waals surface area contributed by atoms with Crippen molar-refractivity contribution in [3.8, 4) is 12.3 Å². The summed E-state index contributed by atoms with van der Waals surface area (Å²) in [5, 5.41) is 20.4. The monoisotopic (exact) mass is 171 g/mol. The van der Waals surface area contributed by atoms with E-state index < -0.39 is 11.6 Å². The van der Waals surface area contributed by atoms with E-state index >= 15 is 0 Å². The fraction of sp³-hybridized carbons (Fsp3) is 0.625. The molecule has 0 heterocycles. The number of carbonyl (C=O) groups is 1. The molecule has 68 valence electrons. The second kappa shape index (κ2) is 4.10. The van der Waals surface area contributed by atoms with Gasteiger partial charge in [-0.05, 0) is 13.8 Å². The van der Waals surface area contributed by atoms with E-state index in [-0.39, 0.29) is 12.6 Å². The molecule has 0 spiro atoms. The Morgan fingerprint density at radius 1 is 1.83 bits per heavy atom. The van der Waals surface area contributed by atoms with Crippen LogP contribution in [0.5, 0.6) is 0 Å². The van der Waals surface area contributed by atoms with Gasteiger partial charge in [0, 0.05) is 6.54 Å². The molecule has 0 bridgehead atoms. The standard InChI is InChI=1S/C8H13NO3/c1-4-6(2)9-5-8(3,12)7(10)11/h1,6,9,12H,5H2,2-3H3,(H,10,11). The van der Waals surface area contributed by atoms with Crippen molar-refractivity contribution in [3.63, 3.8) is 0 Å². The van der Waals surface area contributed by atoms with Crippen LogP contribution >= 0.6 is 0 Å². The molecule has 12 heavy (non-hydrogen) atoms. The minimum absolute atomic E-state index is 0.0618. The van der Waals surface area contributed by atoms with Crippen molar-refractivity contribution >= 4 is 5.97 Å². The first kappa shape index (κ1) is 11.0. The highest BCUT2D eigenvalue weighted by atomic mass is 16.4. The highest BCUT2D eigenvalue weighted by Crippen LogP contribution is 2.00. The molecule has 4 heteroatoms. The van der Waals surface area contributed by atoms with Gasteiger partial charge in [-0.1, -0.05) is 5.92 Å². The Morgan fingerprint density at radius 3 is 2.67 bits per heavy atom. The lowest BCUT2D eigenvalue weighted by Crippen LogP contribution is -2.46. The summed E-state index contributed by atoms with van der Waals surface area (Å²) in [7, 11) is 0. The summed E-state index contributed by atoms with van der Waals surface area (Å²) in [6, 6.07) is -0.240. The Balaban J connectivity index is 3.94. The van der Waals surface area contributed by atoms with Crippen LogP contribution in [0.25, 0.3) is 0 Å². The molecule has 0 amide bonds. The van der Waals surface area contributed by atoms with Crippen molar-refractivity contribution in [1.29, 1.82) is 0 Å². The van der Waals surface area contributed by atoms with Gasteiger partial charge in [-0.15, -0.1) is 6.42 Å². The van der Waals surface area contributed by atoms with Gasteiger partial charge in [-0.25, -0.2) is 4.79 Å². The third-order valence-corrected chi connectivity index (χ3v) is 1.46. The zero-order chi connectivity index (χ0) is 9.78. The summed E-state index contributed by atoms with van der Waals surface area (Å²) in [4.78, 5) is 10.4. The Kier molecular flexibility index (Phi) is 3.74. The molecule has 4 nitrogen and oxygen atoms in total. The Hall–Kier alpha value is -1.05. The normalized spacial score (nSPS) is 17.5. The van der Waals surface area contributed by atoms with Crippen molar-refractivity contribution in [2.45, 2.75) is 25.5 Å². The highest BCUT2D eigenvalue weighted by Gasteiger charge is 2.29. The van der Waals surface area contributed by atoms with E-state index in [0.29, 0.717) is 0 Å². The number of carboxylic acids is 1. The summed E-state index contributed by atoms with van der Waals surface area (Å²) in [6.45, 7) is 2.86. The topological polar surface area (TPSA) is 69.6 Å². The third-order valence-electron chi connectivity index (χ3n) is 1.46. The molecule has 0 radical (unpaired) electrons. The molecule has 2 unspecified atom stereocenters. The molecule has 0 aromatic heterocycles. The number of aliphatic carboxylic acids is 1. The second-order valence-electron chi connectivity index (χ2n) is 2.85. The molecular formula is C8H13NO3. The molecule has 3 N–H and O–H groups in total. The SMILES string of the molecule is C#CC(C)NCC(C)(O)C(=O)O. The van der Waals surface area contributed by atoms with E-state index in [1.807, 2.05) is 0 Å². The van der Waals surface area contributed by atoms with E-state index in [1.165, 1.54) is 6.92 Å². The Morgan fingerprint density at radius 2 is 2.33 bits per heavy atom. The van der Waals surface area contributed by atoms with Crippen molar-refractivity contribution in [2.75, 3.05) is 6.54 Å². The first-order chi connectivity index (χ1) is 5.40. The van der Waals surface area contributed by atoms with Crippen molar-refractivity contribution in [2.24, 2.45) is 0 Å². The van der Waals surface area contributed by atoms with Crippen LogP contribution in [-0.2, 0) is 4.79 Å². The lowest BCUT2D eigenvalue weighted by molar-refractivity contribution is -0.156. The molecule has 0 aromatic carbocycles. The fourth-order valence-electron chi connectivity index (χ4n) is 0.486. The van der Waals surface area contributed by atoms with Gasteiger partial charge in [0.1, 0.15) is 0 Å². The average molecular weight is 171 g/mol. The van der Waals surface area contributed by atoms with Gasteiger partial charge in [0.25, 0.3) is 0 Å². The van der Waals surface area contributed by atoms with Crippen LogP contribution in [0, 0.1) is 12.3 Å². The molecule has 0 saturated carbocycles. The van der Waals surface area contributed by atoms with E-state index in [4.69, 9.17) is 11.5 Å². The lowest BCUT2D eigenvalue weighted by atomic mass is 10.1. The van der Waals surface area contributed by atoms with E-state index in [0.717, 1.165) is 0 Å². The maximum absolute atomic E-state index is 10.4. The van der Waals surface area contributed by atoms with Gasteiger partial charge in [-0.3, -0.25) is 0 Å². The van der Waals surface area contributed by atoms with Crippen molar-refractivity contribution in [3.05, 3.63) is 0 Å². The number of carboxylic acid groups (broad SMARTS) is 1. The molecule has 0 aliphatic rings. The van der Waals surface area contributed by atoms with E-state index in [2.05, 4.69) is 11.2 Å². The average Bonchev–Trinajstić information content (AvgIpc) is 2.00. The summed E-state index contributed by atoms with van der Waals surface area (Å²) in [6.07, 6.45) is 5.04. The first-order valence-corrected chi connectivity index (χ1v) is 3.55. The van der Waals surface area contributed by atoms with Crippen molar-refractivity contribution < 1.29 is 15.0 Å². The summed E-state index contributed by atoms with van der Waals surface area (Å²) < 4.78 is 0. The molecule has 0 aliphatic heterocycles. The molecule has 0 rings (SSSR count). The largest absolute Gasteiger partial charge is 0.479 e. The molecule has 0 saturated heterocycles. The lowest BCUT2D eigenvalue weighted by Gasteiger charge is -2.19. The van der Waals surface area contributed by atoms with Crippen LogP contribution in [0.3, 0.4) is 0 Å². The van der Waals surface area contributed by atoms with E-state index in [1.54, 1.807) is 6.92 Å². The third kappa shape index (κ3) is 3.37. The van der Waals surface area contributed by atoms with Gasteiger partial charge in [0.15, 0.2) is 5.60 Å². The van der Waals surface area contributed by atoms with Gasteiger partial charge in [0.05, 0.1) is 6.04 Å². The van der Waals surface area contributed by atoms with Gasteiger partial charge < -0.3 is 15.5 Å². The Bertz CT molecular complexity index is 205. The fourth-order valence-corrected chi connectivity index (χ4v) is 0.486. The number of aliphatic hydroxyl groups is 1. The maximum atomic E-state index is 10.4. The number of terminal acetylenes is 1. The zero-order valence-electron chi connectivity index (χ0n) is 7.16. The minimum atomic E-state index is -1.76. The molecular weight excluding hydrogens is 158 g/mol. The Labute approximate surface area is 71.6 Å². The summed E-state index contributed by atoms with van der Waals surface area (Å²) in [5.74, 6) is 1.10. The van der Waals surface area contributed by atoms with Crippen LogP contribution in [0.4, 0.5) is 0 Å². The van der Waals surface area contributed by atoms with Crippen LogP contribution in [-0.4, -0.2) is 34.4 Å². The maximum Gasteiger partial charge on any atom is 0.336 e. The van der Waals surface area contributed by atoms with Crippen LogP contribution in [0.2, 0.25) is 0 Å². The van der Waals surface area contributed by atoms with Crippen molar-refractivity contribution in [1.82, 2.24) is 5.32 Å². The van der Waals surface area contributed by atoms with Gasteiger partial charge >= 0.3 is 5.97 Å². The molecule has 0 aliphatic carbocycles. The number of hydrogen-bond acceptors (Lipinski definition) is 3. The van der Waals surface area contributed by atoms with Crippen LogP contribution in [0.1, 0.15) is 13.8 Å². The number of hydrogen-bond donors (Lipinski definition) is 3. The van der Waals surface area contributed by atoms with E-state index in [9.17, 15) is 9.90 Å². The predicted molar refractivity (Wildman–Crippen MR) is 44.6 cm³/mol. The molecule has 0 fully saturated rings. The summed E-state index contributed by atoms with van der Waals surface area (Å²) in [5.41, 5.74) is -1.76. The zero-order valence-corrected chi connectivity index (χ0v) is 7.16. The number of rotatable bonds is 4. The minimum Gasteiger partial charge on any atom is -0.479 e. The quantitative estimate of drug-likeness (QED) is 0.496. The second-order valence-corrected chi connectivity index (χ2v) is 2.85. The summed E-state index contributed by atoms with van der Waals surface area (Å²) >= 11 is 0. The first-order valence-electron chi connectivity index (χ1n) is 3.55. The molecule has 2 atom stereocenters. The highest BCUT2D eigenvalue weighted by molar-refractivity contribution is 5.76. The van der Waals surface area contributed by atoms with Gasteiger partial charge in [0.2, 0.25) is 0 Å².